The average Bonchev–Trinajstić information content (AvgIpc) is 2.70. The van der Waals surface area contributed by atoms with Crippen molar-refractivity contribution < 1.29 is 9.59 Å². The van der Waals surface area contributed by atoms with Gasteiger partial charge < -0.3 is 5.32 Å². The summed E-state index contributed by atoms with van der Waals surface area (Å²) in [4.78, 5) is 25.7. The predicted octanol–water partition coefficient (Wildman–Crippen LogP) is 3.77. The van der Waals surface area contributed by atoms with Crippen molar-refractivity contribution in [3.63, 3.8) is 0 Å². The van der Waals surface area contributed by atoms with Crippen LogP contribution in [0.25, 0.3) is 0 Å². The lowest BCUT2D eigenvalue weighted by molar-refractivity contribution is 0.0666. The Balaban J connectivity index is 1.77. The largest absolute Gasteiger partial charge is 0.367 e. The maximum atomic E-state index is 12.3. The summed E-state index contributed by atoms with van der Waals surface area (Å²) in [5, 5.41) is 3.67. The van der Waals surface area contributed by atoms with Crippen LogP contribution in [0.2, 0.25) is 5.02 Å². The smallest absolute Gasteiger partial charge is 0.263 e. The molecule has 3 rings (SSSR count). The van der Waals surface area contributed by atoms with Crippen LogP contribution in [0.15, 0.2) is 46.9 Å². The van der Waals surface area contributed by atoms with Crippen molar-refractivity contribution in [3.05, 3.63) is 63.1 Å². The molecule has 1 heterocycles. The quantitative estimate of drug-likeness (QED) is 0.842. The van der Waals surface area contributed by atoms with E-state index in [1.807, 2.05) is 0 Å². The lowest BCUT2D eigenvalue weighted by Gasteiger charge is -2.15. The fourth-order valence-electron chi connectivity index (χ4n) is 2.14. The van der Waals surface area contributed by atoms with Gasteiger partial charge in [0.05, 0.1) is 17.8 Å². The molecule has 0 aliphatic carbocycles. The van der Waals surface area contributed by atoms with Gasteiger partial charge in [0.2, 0.25) is 0 Å². The molecule has 0 bridgehead atoms. The molecule has 1 aliphatic heterocycles. The minimum atomic E-state index is -0.294. The summed E-state index contributed by atoms with van der Waals surface area (Å²) in [5.74, 6) is -0.582. The molecule has 2 aromatic carbocycles. The Morgan fingerprint density at radius 1 is 1.00 bits per heavy atom. The molecule has 6 heteroatoms. The normalized spacial score (nSPS) is 13.5. The summed E-state index contributed by atoms with van der Waals surface area (Å²) >= 11 is 9.11. The number of halogens is 2. The molecule has 21 heavy (non-hydrogen) atoms. The van der Waals surface area contributed by atoms with Gasteiger partial charge in [-0.2, -0.15) is 0 Å². The summed E-state index contributed by atoms with van der Waals surface area (Å²) in [7, 11) is 0. The number of hydrogen-bond acceptors (Lipinski definition) is 3. The number of benzene rings is 2. The Morgan fingerprint density at radius 3 is 2.38 bits per heavy atom. The number of amides is 2. The second-order valence-electron chi connectivity index (χ2n) is 4.57. The minimum Gasteiger partial charge on any atom is -0.367 e. The molecule has 0 saturated heterocycles. The summed E-state index contributed by atoms with van der Waals surface area (Å²) in [5.41, 5.74) is 1.64. The van der Waals surface area contributed by atoms with Crippen molar-refractivity contribution >= 4 is 45.0 Å². The van der Waals surface area contributed by atoms with E-state index < -0.39 is 0 Å². The van der Waals surface area contributed by atoms with E-state index in [2.05, 4.69) is 21.2 Å². The molecule has 4 nitrogen and oxygen atoms in total. The van der Waals surface area contributed by atoms with Gasteiger partial charge in [-0.05, 0) is 42.5 Å². The Hall–Kier alpha value is -1.85. The van der Waals surface area contributed by atoms with Gasteiger partial charge in [0.1, 0.15) is 0 Å². The Morgan fingerprint density at radius 2 is 1.67 bits per heavy atom. The van der Waals surface area contributed by atoms with E-state index in [9.17, 15) is 9.59 Å². The fourth-order valence-corrected chi connectivity index (χ4v) is 2.63. The van der Waals surface area contributed by atoms with Crippen LogP contribution in [0.4, 0.5) is 5.69 Å². The van der Waals surface area contributed by atoms with Gasteiger partial charge in [0, 0.05) is 15.2 Å². The van der Waals surface area contributed by atoms with E-state index in [1.54, 1.807) is 42.5 Å². The molecule has 0 saturated carbocycles. The third kappa shape index (κ3) is 2.66. The van der Waals surface area contributed by atoms with E-state index in [0.29, 0.717) is 16.1 Å². The standard InChI is InChI=1S/C15H10BrClN2O2/c16-9-1-6-12-13(7-9)15(21)19(14(12)20)8-18-11-4-2-10(17)3-5-11/h1-7,18H,8H2. The molecular formula is C15H10BrClN2O2. The van der Waals surface area contributed by atoms with Crippen molar-refractivity contribution in [1.29, 1.82) is 0 Å². The van der Waals surface area contributed by atoms with Crippen LogP contribution < -0.4 is 5.32 Å². The number of carbonyl (C=O) groups excluding carboxylic acids is 2. The molecule has 2 amide bonds. The maximum absolute atomic E-state index is 12.3. The third-order valence-corrected chi connectivity index (χ3v) is 3.96. The number of imide groups is 1. The molecule has 0 radical (unpaired) electrons. The maximum Gasteiger partial charge on any atom is 0.263 e. The highest BCUT2D eigenvalue weighted by molar-refractivity contribution is 9.10. The minimum absolute atomic E-state index is 0.117. The highest BCUT2D eigenvalue weighted by Crippen LogP contribution is 2.26. The van der Waals surface area contributed by atoms with Crippen LogP contribution in [0.1, 0.15) is 20.7 Å². The topological polar surface area (TPSA) is 49.4 Å². The summed E-state index contributed by atoms with van der Waals surface area (Å²) < 4.78 is 0.773. The van der Waals surface area contributed by atoms with Crippen molar-refractivity contribution in [3.8, 4) is 0 Å². The number of anilines is 1. The Labute approximate surface area is 134 Å². The van der Waals surface area contributed by atoms with Gasteiger partial charge in [0.25, 0.3) is 11.8 Å². The number of carbonyl (C=O) groups is 2. The van der Waals surface area contributed by atoms with Gasteiger partial charge in [-0.3, -0.25) is 14.5 Å². The number of fused-ring (bicyclic) bond motifs is 1. The van der Waals surface area contributed by atoms with Crippen LogP contribution >= 0.6 is 27.5 Å². The molecule has 0 spiro atoms. The monoisotopic (exact) mass is 364 g/mol. The number of rotatable bonds is 3. The summed E-state index contributed by atoms with van der Waals surface area (Å²) in [6.07, 6.45) is 0. The van der Waals surface area contributed by atoms with E-state index in [4.69, 9.17) is 11.6 Å². The molecule has 2 aromatic rings. The second-order valence-corrected chi connectivity index (χ2v) is 5.92. The van der Waals surface area contributed by atoms with Crippen LogP contribution in [-0.2, 0) is 0 Å². The number of hydrogen-bond donors (Lipinski definition) is 1. The van der Waals surface area contributed by atoms with Gasteiger partial charge in [0.15, 0.2) is 0 Å². The van der Waals surface area contributed by atoms with Crippen LogP contribution in [-0.4, -0.2) is 23.4 Å². The molecule has 106 valence electrons. The molecule has 1 aliphatic rings. The van der Waals surface area contributed by atoms with Gasteiger partial charge in [-0.1, -0.05) is 27.5 Å². The van der Waals surface area contributed by atoms with Crippen LogP contribution in [0.5, 0.6) is 0 Å². The Bertz CT molecular complexity index is 731. The van der Waals surface area contributed by atoms with E-state index in [1.165, 1.54) is 4.90 Å². The van der Waals surface area contributed by atoms with Crippen LogP contribution in [0.3, 0.4) is 0 Å². The zero-order valence-electron chi connectivity index (χ0n) is 10.8. The highest BCUT2D eigenvalue weighted by atomic mass is 79.9. The van der Waals surface area contributed by atoms with Gasteiger partial charge >= 0.3 is 0 Å². The fraction of sp³-hybridized carbons (Fsp3) is 0.0667. The van der Waals surface area contributed by atoms with Crippen molar-refractivity contribution in [2.45, 2.75) is 0 Å². The van der Waals surface area contributed by atoms with Gasteiger partial charge in [-0.25, -0.2) is 0 Å². The second kappa shape index (κ2) is 5.50. The molecule has 0 unspecified atom stereocenters. The number of nitrogens with zero attached hydrogens (tertiary/aromatic N) is 1. The van der Waals surface area contributed by atoms with E-state index in [0.717, 1.165) is 10.2 Å². The van der Waals surface area contributed by atoms with Crippen molar-refractivity contribution in [2.75, 3.05) is 12.0 Å². The molecule has 0 fully saturated rings. The highest BCUT2D eigenvalue weighted by Gasteiger charge is 2.35. The zero-order valence-corrected chi connectivity index (χ0v) is 13.1. The molecule has 1 N–H and O–H groups in total. The summed E-state index contributed by atoms with van der Waals surface area (Å²) in [6.45, 7) is 0.117. The van der Waals surface area contributed by atoms with Crippen molar-refractivity contribution in [1.82, 2.24) is 4.90 Å². The Kier molecular flexibility index (Phi) is 3.69. The molecular weight excluding hydrogens is 356 g/mol. The first kappa shape index (κ1) is 14.1. The first-order valence-corrected chi connectivity index (χ1v) is 7.38. The van der Waals surface area contributed by atoms with Crippen molar-refractivity contribution in [2.24, 2.45) is 0 Å². The molecule has 0 atom stereocenters. The van der Waals surface area contributed by atoms with E-state index in [-0.39, 0.29) is 18.5 Å². The van der Waals surface area contributed by atoms with Crippen LogP contribution in [0, 0.1) is 0 Å². The SMILES string of the molecule is O=C1c2ccc(Br)cc2C(=O)N1CNc1ccc(Cl)cc1. The predicted molar refractivity (Wildman–Crippen MR) is 84.6 cm³/mol. The lowest BCUT2D eigenvalue weighted by Crippen LogP contribution is -2.34. The average molecular weight is 366 g/mol. The first-order valence-electron chi connectivity index (χ1n) is 6.21. The molecule has 0 aromatic heterocycles. The summed E-state index contributed by atoms with van der Waals surface area (Å²) in [6, 6.07) is 12.1. The zero-order chi connectivity index (χ0) is 15.0. The van der Waals surface area contributed by atoms with E-state index >= 15 is 0 Å². The number of nitrogens with one attached hydrogen (secondary N) is 1. The third-order valence-electron chi connectivity index (χ3n) is 3.22. The first-order chi connectivity index (χ1) is 10.1. The van der Waals surface area contributed by atoms with Gasteiger partial charge in [-0.15, -0.1) is 0 Å². The lowest BCUT2D eigenvalue weighted by atomic mass is 10.1.